The van der Waals surface area contributed by atoms with Crippen molar-refractivity contribution in [2.75, 3.05) is 6.54 Å². The maximum absolute atomic E-state index is 12.5. The van der Waals surface area contributed by atoms with Crippen LogP contribution in [0.2, 0.25) is 5.02 Å². The number of pyridine rings is 1. The van der Waals surface area contributed by atoms with Crippen LogP contribution in [-0.2, 0) is 16.0 Å². The largest absolute Gasteiger partial charge is 0.417 e. The Hall–Kier alpha value is -2.13. The molecule has 3 rings (SSSR count). The summed E-state index contributed by atoms with van der Waals surface area (Å²) in [4.78, 5) is 15.7. The van der Waals surface area contributed by atoms with Gasteiger partial charge < -0.3 is 5.32 Å². The van der Waals surface area contributed by atoms with E-state index in [1.165, 1.54) is 12.1 Å². The van der Waals surface area contributed by atoms with Gasteiger partial charge >= 0.3 is 6.18 Å². The molecule has 1 saturated carbocycles. The number of aromatic nitrogens is 1. The first kappa shape index (κ1) is 20.6. The number of amides is 1. The van der Waals surface area contributed by atoms with E-state index in [-0.39, 0.29) is 23.1 Å². The van der Waals surface area contributed by atoms with Crippen molar-refractivity contribution in [3.63, 3.8) is 0 Å². The van der Waals surface area contributed by atoms with Crippen molar-refractivity contribution in [3.05, 3.63) is 58.9 Å². The predicted octanol–water partition coefficient (Wildman–Crippen LogP) is 3.74. The van der Waals surface area contributed by atoms with Crippen LogP contribution in [0.15, 0.2) is 47.5 Å². The molecule has 0 radical (unpaired) electrons. The van der Waals surface area contributed by atoms with E-state index in [1.807, 2.05) is 0 Å². The Bertz CT molecular complexity index is 972. The van der Waals surface area contributed by atoms with Crippen LogP contribution in [0, 0.1) is 5.92 Å². The van der Waals surface area contributed by atoms with Gasteiger partial charge in [-0.1, -0.05) is 17.7 Å². The van der Waals surface area contributed by atoms with Crippen LogP contribution in [-0.4, -0.2) is 31.1 Å². The summed E-state index contributed by atoms with van der Waals surface area (Å²) in [5, 5.41) is 2.38. The number of benzene rings is 1. The van der Waals surface area contributed by atoms with E-state index in [0.29, 0.717) is 24.1 Å². The second kappa shape index (κ2) is 7.71. The van der Waals surface area contributed by atoms with E-state index in [2.05, 4.69) is 10.3 Å². The second-order valence-corrected chi connectivity index (χ2v) is 9.27. The first-order chi connectivity index (χ1) is 13.1. The first-order valence-corrected chi connectivity index (χ1v) is 10.3. The first-order valence-electron chi connectivity index (χ1n) is 8.38. The molecule has 10 heteroatoms. The normalized spacial score (nSPS) is 19.7. The highest BCUT2D eigenvalue weighted by Crippen LogP contribution is 2.36. The van der Waals surface area contributed by atoms with E-state index >= 15 is 0 Å². The molecular formula is C18H16ClF3N2O3S. The van der Waals surface area contributed by atoms with Crippen molar-refractivity contribution >= 4 is 27.3 Å². The summed E-state index contributed by atoms with van der Waals surface area (Å²) in [6, 6.07) is 7.86. The Morgan fingerprint density at radius 3 is 2.50 bits per heavy atom. The summed E-state index contributed by atoms with van der Waals surface area (Å²) in [5.41, 5.74) is -1.06. The van der Waals surface area contributed by atoms with Crippen LogP contribution >= 0.6 is 11.6 Å². The summed E-state index contributed by atoms with van der Waals surface area (Å²) in [7, 11) is -3.48. The molecule has 150 valence electrons. The lowest BCUT2D eigenvalue weighted by Gasteiger charge is -2.34. The number of hydrogen-bond donors (Lipinski definition) is 1. The van der Waals surface area contributed by atoms with Crippen molar-refractivity contribution in [1.82, 2.24) is 10.3 Å². The molecule has 1 aromatic carbocycles. The number of halogens is 4. The third-order valence-electron chi connectivity index (χ3n) is 4.63. The number of sulfone groups is 1. The Morgan fingerprint density at radius 2 is 1.93 bits per heavy atom. The number of nitrogens with one attached hydrogen (secondary N) is 1. The minimum atomic E-state index is -4.52. The topological polar surface area (TPSA) is 76.1 Å². The lowest BCUT2D eigenvalue weighted by atomic mass is 9.85. The molecule has 1 fully saturated rings. The predicted molar refractivity (Wildman–Crippen MR) is 96.7 cm³/mol. The summed E-state index contributed by atoms with van der Waals surface area (Å²) >= 11 is 5.84. The number of hydrogen-bond acceptors (Lipinski definition) is 4. The molecule has 1 aromatic heterocycles. The van der Waals surface area contributed by atoms with E-state index < -0.39 is 32.7 Å². The van der Waals surface area contributed by atoms with Gasteiger partial charge in [-0.05, 0) is 49.1 Å². The van der Waals surface area contributed by atoms with Crippen molar-refractivity contribution in [2.24, 2.45) is 5.92 Å². The van der Waals surface area contributed by atoms with Gasteiger partial charge in [-0.25, -0.2) is 8.42 Å². The number of carbonyl (C=O) groups is 1. The highest BCUT2D eigenvalue weighted by Gasteiger charge is 2.39. The Labute approximate surface area is 164 Å². The lowest BCUT2D eigenvalue weighted by molar-refractivity contribution is -0.137. The second-order valence-electron chi connectivity index (χ2n) is 6.60. The molecule has 1 aliphatic rings. The molecule has 0 atom stereocenters. The zero-order valence-electron chi connectivity index (χ0n) is 14.4. The van der Waals surface area contributed by atoms with Gasteiger partial charge in [0.05, 0.1) is 15.7 Å². The maximum Gasteiger partial charge on any atom is 0.417 e. The monoisotopic (exact) mass is 432 g/mol. The van der Waals surface area contributed by atoms with Crippen molar-refractivity contribution in [2.45, 2.75) is 29.2 Å². The van der Waals surface area contributed by atoms with E-state index in [4.69, 9.17) is 11.6 Å². The minimum absolute atomic E-state index is 0.0302. The summed E-state index contributed by atoms with van der Waals surface area (Å²) in [5.74, 6) is -0.632. The smallest absolute Gasteiger partial charge is 0.350 e. The molecule has 2 aromatic rings. The molecule has 0 aliphatic heterocycles. The van der Waals surface area contributed by atoms with Crippen LogP contribution in [0.3, 0.4) is 0 Å². The van der Waals surface area contributed by atoms with Crippen LogP contribution in [0.1, 0.15) is 28.9 Å². The minimum Gasteiger partial charge on any atom is -0.350 e. The fraction of sp³-hybridized carbons (Fsp3) is 0.333. The van der Waals surface area contributed by atoms with Gasteiger partial charge in [0.15, 0.2) is 9.84 Å². The summed E-state index contributed by atoms with van der Waals surface area (Å²) < 4.78 is 62.6. The standard InChI is InChI=1S/C18H16ClF3N2O3S/c19-13-2-1-3-14(8-13)28(26,27)15-6-11(7-15)9-24-17(25)16-5-4-12(10-23-16)18(20,21)22/h1-5,8,10-11,15H,6-7,9H2,(H,24,25)/t11-,15-. The van der Waals surface area contributed by atoms with Gasteiger partial charge in [0, 0.05) is 17.8 Å². The highest BCUT2D eigenvalue weighted by molar-refractivity contribution is 7.92. The average Bonchev–Trinajstić information content (AvgIpc) is 2.59. The zero-order chi connectivity index (χ0) is 20.5. The Morgan fingerprint density at radius 1 is 1.21 bits per heavy atom. The molecule has 28 heavy (non-hydrogen) atoms. The number of nitrogens with zero attached hydrogens (tertiary/aromatic N) is 1. The molecule has 0 spiro atoms. The summed E-state index contributed by atoms with van der Waals surface area (Å²) in [6.45, 7) is 0.225. The Balaban J connectivity index is 1.52. The SMILES string of the molecule is O=C(NC[C@H]1C[C@H](S(=O)(=O)c2cccc(Cl)c2)C1)c1ccc(C(F)(F)F)cn1. The molecular weight excluding hydrogens is 417 g/mol. The number of alkyl halides is 3. The zero-order valence-corrected chi connectivity index (χ0v) is 16.0. The van der Waals surface area contributed by atoms with Crippen LogP contribution in [0.4, 0.5) is 13.2 Å². The number of carbonyl (C=O) groups excluding carboxylic acids is 1. The average molecular weight is 433 g/mol. The molecule has 1 amide bonds. The molecule has 5 nitrogen and oxygen atoms in total. The molecule has 0 bridgehead atoms. The fourth-order valence-corrected chi connectivity index (χ4v) is 5.20. The third-order valence-corrected chi connectivity index (χ3v) is 7.04. The molecule has 1 heterocycles. The molecule has 0 unspecified atom stereocenters. The molecule has 0 saturated heterocycles. The van der Waals surface area contributed by atoms with Crippen molar-refractivity contribution in [3.8, 4) is 0 Å². The highest BCUT2D eigenvalue weighted by atomic mass is 35.5. The fourth-order valence-electron chi connectivity index (χ4n) is 2.95. The van der Waals surface area contributed by atoms with E-state index in [1.54, 1.807) is 12.1 Å². The van der Waals surface area contributed by atoms with Gasteiger partial charge in [0.1, 0.15) is 5.69 Å². The quantitative estimate of drug-likeness (QED) is 0.781. The molecule has 1 aliphatic carbocycles. The Kier molecular flexibility index (Phi) is 5.67. The van der Waals surface area contributed by atoms with Gasteiger partial charge in [0.25, 0.3) is 5.91 Å². The van der Waals surface area contributed by atoms with Crippen LogP contribution in [0.5, 0.6) is 0 Å². The number of rotatable bonds is 5. The lowest BCUT2D eigenvalue weighted by Crippen LogP contribution is -2.42. The van der Waals surface area contributed by atoms with E-state index in [0.717, 1.165) is 12.1 Å². The maximum atomic E-state index is 12.5. The third kappa shape index (κ3) is 4.47. The van der Waals surface area contributed by atoms with Gasteiger partial charge in [0.2, 0.25) is 0 Å². The van der Waals surface area contributed by atoms with Crippen LogP contribution in [0.25, 0.3) is 0 Å². The van der Waals surface area contributed by atoms with Gasteiger partial charge in [-0.3, -0.25) is 9.78 Å². The summed E-state index contributed by atoms with van der Waals surface area (Å²) in [6.07, 6.45) is -3.14. The molecule has 1 N–H and O–H groups in total. The van der Waals surface area contributed by atoms with Gasteiger partial charge in [-0.15, -0.1) is 0 Å². The van der Waals surface area contributed by atoms with E-state index in [9.17, 15) is 26.4 Å². The van der Waals surface area contributed by atoms with Crippen molar-refractivity contribution < 1.29 is 26.4 Å². The van der Waals surface area contributed by atoms with Crippen molar-refractivity contribution in [1.29, 1.82) is 0 Å². The van der Waals surface area contributed by atoms with Gasteiger partial charge in [-0.2, -0.15) is 13.2 Å². The van der Waals surface area contributed by atoms with Crippen LogP contribution < -0.4 is 5.32 Å².